The minimum atomic E-state index is -0.389. The van der Waals surface area contributed by atoms with Crippen LogP contribution in [0.5, 0.6) is 0 Å². The van der Waals surface area contributed by atoms with Crippen LogP contribution in [0.25, 0.3) is 5.65 Å². The van der Waals surface area contributed by atoms with Crippen LogP contribution >= 0.6 is 11.6 Å². The molecule has 2 aromatic heterocycles. The van der Waals surface area contributed by atoms with Crippen molar-refractivity contribution in [2.24, 2.45) is 0 Å². The zero-order chi connectivity index (χ0) is 20.4. The van der Waals surface area contributed by atoms with Gasteiger partial charge in [0.2, 0.25) is 5.91 Å². The predicted octanol–water partition coefficient (Wildman–Crippen LogP) is 2.59. The summed E-state index contributed by atoms with van der Waals surface area (Å²) >= 11 is 6.15. The summed E-state index contributed by atoms with van der Waals surface area (Å²) in [5.74, 6) is 0.525. The molecular weight excluding hydrogens is 390 g/mol. The molecule has 29 heavy (non-hydrogen) atoms. The molecule has 1 saturated heterocycles. The van der Waals surface area contributed by atoms with E-state index in [0.29, 0.717) is 36.7 Å². The molecule has 0 aliphatic carbocycles. The normalized spacial score (nSPS) is 16.3. The molecule has 1 aromatic carbocycles. The lowest BCUT2D eigenvalue weighted by atomic mass is 10.2. The minimum absolute atomic E-state index is 0.0434. The van der Waals surface area contributed by atoms with Crippen molar-refractivity contribution in [1.29, 1.82) is 0 Å². The number of amides is 1. The second-order valence-corrected chi connectivity index (χ2v) is 7.43. The maximum Gasteiger partial charge on any atom is 0.293 e. The molecule has 3 aromatic rings. The van der Waals surface area contributed by atoms with Gasteiger partial charge >= 0.3 is 0 Å². The van der Waals surface area contributed by atoms with Crippen LogP contribution in [-0.2, 0) is 17.8 Å². The van der Waals surface area contributed by atoms with Gasteiger partial charge in [0.15, 0.2) is 5.65 Å². The molecule has 1 atom stereocenters. The smallest absolute Gasteiger partial charge is 0.293 e. The van der Waals surface area contributed by atoms with Gasteiger partial charge in [-0.05, 0) is 37.0 Å². The number of benzene rings is 1. The van der Waals surface area contributed by atoms with Crippen LogP contribution in [0.4, 0.5) is 5.82 Å². The van der Waals surface area contributed by atoms with Crippen molar-refractivity contribution in [3.8, 4) is 0 Å². The molecular formula is C21H22ClN5O2. The van der Waals surface area contributed by atoms with Crippen LogP contribution in [0.3, 0.4) is 0 Å². The van der Waals surface area contributed by atoms with Gasteiger partial charge in [0.05, 0.1) is 5.69 Å². The van der Waals surface area contributed by atoms with Crippen LogP contribution in [0.1, 0.15) is 31.0 Å². The molecule has 1 amide bonds. The van der Waals surface area contributed by atoms with Gasteiger partial charge in [0.25, 0.3) is 5.56 Å². The average Bonchev–Trinajstić information content (AvgIpc) is 3.25. The topological polar surface area (TPSA) is 79.6 Å². The number of nitrogens with one attached hydrogen (secondary N) is 1. The summed E-state index contributed by atoms with van der Waals surface area (Å²) in [6, 6.07) is 13.0. The zero-order valence-electron chi connectivity index (χ0n) is 16.1. The summed E-state index contributed by atoms with van der Waals surface area (Å²) in [7, 11) is 0. The van der Waals surface area contributed by atoms with Crippen molar-refractivity contribution in [3.05, 3.63) is 69.1 Å². The van der Waals surface area contributed by atoms with Gasteiger partial charge in [-0.1, -0.05) is 48.9 Å². The standard InChI is InChI=1S/C21H22ClN5O2/c1-2-15-19(22)21(29)27-17(24-15)10-11-18(25-27)26-12-6-9-16(26)20(28)23-13-14-7-4-3-5-8-14/h3-5,7-8,10-11,16H,2,6,9,12-13H2,1H3,(H,23,28). The van der Waals surface area contributed by atoms with E-state index in [2.05, 4.69) is 15.4 Å². The molecule has 8 heteroatoms. The van der Waals surface area contributed by atoms with Gasteiger partial charge in [-0.15, -0.1) is 5.10 Å². The highest BCUT2D eigenvalue weighted by atomic mass is 35.5. The van der Waals surface area contributed by atoms with Crippen molar-refractivity contribution in [3.63, 3.8) is 0 Å². The first kappa shape index (κ1) is 19.4. The fourth-order valence-corrected chi connectivity index (χ4v) is 3.90. The summed E-state index contributed by atoms with van der Waals surface area (Å²) in [5, 5.41) is 7.54. The number of fused-ring (bicyclic) bond motifs is 1. The number of nitrogens with zero attached hydrogens (tertiary/aromatic N) is 4. The first-order valence-corrected chi connectivity index (χ1v) is 10.1. The van der Waals surface area contributed by atoms with Gasteiger partial charge in [0.1, 0.15) is 16.9 Å². The van der Waals surface area contributed by atoms with Gasteiger partial charge < -0.3 is 10.2 Å². The van der Waals surface area contributed by atoms with E-state index in [9.17, 15) is 9.59 Å². The van der Waals surface area contributed by atoms with Crippen LogP contribution in [0.15, 0.2) is 47.3 Å². The van der Waals surface area contributed by atoms with Crippen molar-refractivity contribution in [2.75, 3.05) is 11.4 Å². The van der Waals surface area contributed by atoms with E-state index in [1.54, 1.807) is 12.1 Å². The van der Waals surface area contributed by atoms with E-state index in [0.717, 1.165) is 18.4 Å². The SMILES string of the molecule is CCc1nc2ccc(N3CCCC3C(=O)NCc3ccccc3)nn2c(=O)c1Cl. The van der Waals surface area contributed by atoms with E-state index in [1.807, 2.05) is 42.2 Å². The highest BCUT2D eigenvalue weighted by Gasteiger charge is 2.32. The third kappa shape index (κ3) is 3.82. The van der Waals surface area contributed by atoms with Crippen molar-refractivity contribution < 1.29 is 4.79 Å². The Morgan fingerprint density at radius 3 is 2.79 bits per heavy atom. The molecule has 0 bridgehead atoms. The Kier molecular flexibility index (Phi) is 5.49. The van der Waals surface area contributed by atoms with E-state index < -0.39 is 0 Å². The molecule has 1 N–H and O–H groups in total. The molecule has 0 spiro atoms. The van der Waals surface area contributed by atoms with E-state index in [-0.39, 0.29) is 22.5 Å². The number of aryl methyl sites for hydroxylation is 1. The summed E-state index contributed by atoms with van der Waals surface area (Å²) in [6.45, 7) is 3.08. The Labute approximate surface area is 173 Å². The monoisotopic (exact) mass is 411 g/mol. The number of rotatable bonds is 5. The van der Waals surface area contributed by atoms with Crippen molar-refractivity contribution >= 4 is 29.0 Å². The molecule has 1 aliphatic heterocycles. The third-order valence-corrected chi connectivity index (χ3v) is 5.56. The fourth-order valence-electron chi connectivity index (χ4n) is 3.65. The minimum Gasteiger partial charge on any atom is -0.350 e. The second kappa shape index (κ2) is 8.21. The maximum absolute atomic E-state index is 12.8. The summed E-state index contributed by atoms with van der Waals surface area (Å²) in [5.41, 5.74) is 1.67. The average molecular weight is 412 g/mol. The second-order valence-electron chi connectivity index (χ2n) is 7.05. The molecule has 4 rings (SSSR count). The lowest BCUT2D eigenvalue weighted by Gasteiger charge is -2.25. The molecule has 0 saturated carbocycles. The van der Waals surface area contributed by atoms with Crippen LogP contribution in [0.2, 0.25) is 5.02 Å². The number of carbonyl (C=O) groups excluding carboxylic acids is 1. The van der Waals surface area contributed by atoms with Crippen molar-refractivity contribution in [2.45, 2.75) is 38.8 Å². The first-order chi connectivity index (χ1) is 14.1. The van der Waals surface area contributed by atoms with Gasteiger partial charge in [-0.3, -0.25) is 9.59 Å². The fraction of sp³-hybridized carbons (Fsp3) is 0.333. The maximum atomic E-state index is 12.8. The van der Waals surface area contributed by atoms with E-state index in [4.69, 9.17) is 11.6 Å². The van der Waals surface area contributed by atoms with Gasteiger partial charge in [-0.2, -0.15) is 4.52 Å². The molecule has 7 nitrogen and oxygen atoms in total. The highest BCUT2D eigenvalue weighted by molar-refractivity contribution is 6.31. The Balaban J connectivity index is 1.58. The first-order valence-electron chi connectivity index (χ1n) is 9.75. The lowest BCUT2D eigenvalue weighted by molar-refractivity contribution is -0.122. The lowest BCUT2D eigenvalue weighted by Crippen LogP contribution is -2.43. The molecule has 1 aliphatic rings. The van der Waals surface area contributed by atoms with Gasteiger partial charge in [0, 0.05) is 13.1 Å². The summed E-state index contributed by atoms with van der Waals surface area (Å²) in [6.07, 6.45) is 2.19. The number of carbonyl (C=O) groups is 1. The van der Waals surface area contributed by atoms with Crippen LogP contribution in [0, 0.1) is 0 Å². The van der Waals surface area contributed by atoms with Crippen LogP contribution in [-0.4, -0.2) is 33.1 Å². The number of anilines is 1. The Hall–Kier alpha value is -2.93. The molecule has 0 radical (unpaired) electrons. The molecule has 150 valence electrons. The largest absolute Gasteiger partial charge is 0.350 e. The molecule has 1 unspecified atom stereocenters. The Bertz CT molecular complexity index is 1100. The molecule has 1 fully saturated rings. The zero-order valence-corrected chi connectivity index (χ0v) is 16.9. The number of hydrogen-bond acceptors (Lipinski definition) is 5. The van der Waals surface area contributed by atoms with E-state index in [1.165, 1.54) is 4.52 Å². The summed E-state index contributed by atoms with van der Waals surface area (Å²) in [4.78, 5) is 31.7. The number of halogens is 1. The predicted molar refractivity (Wildman–Crippen MR) is 112 cm³/mol. The Morgan fingerprint density at radius 1 is 1.24 bits per heavy atom. The molecule has 3 heterocycles. The van der Waals surface area contributed by atoms with E-state index >= 15 is 0 Å². The number of hydrogen-bond donors (Lipinski definition) is 1. The van der Waals surface area contributed by atoms with Crippen LogP contribution < -0.4 is 15.8 Å². The highest BCUT2D eigenvalue weighted by Crippen LogP contribution is 2.24. The van der Waals surface area contributed by atoms with Crippen molar-refractivity contribution in [1.82, 2.24) is 19.9 Å². The quantitative estimate of drug-likeness (QED) is 0.698. The number of aromatic nitrogens is 3. The summed E-state index contributed by atoms with van der Waals surface area (Å²) < 4.78 is 1.22. The van der Waals surface area contributed by atoms with Gasteiger partial charge in [-0.25, -0.2) is 4.98 Å². The third-order valence-electron chi connectivity index (χ3n) is 5.18. The Morgan fingerprint density at radius 2 is 2.03 bits per heavy atom.